The normalized spacial score (nSPS) is 17.6. The molecule has 0 amide bonds. The molecule has 0 radical (unpaired) electrons. The molecule has 0 spiro atoms. The van der Waals surface area contributed by atoms with Crippen molar-refractivity contribution in [2.75, 3.05) is 32.7 Å². The maximum absolute atomic E-state index is 11.6. The van der Waals surface area contributed by atoms with Crippen molar-refractivity contribution in [3.8, 4) is 0 Å². The molecule has 0 bridgehead atoms. The molecule has 1 saturated heterocycles. The molecule has 1 aliphatic rings. The summed E-state index contributed by atoms with van der Waals surface area (Å²) in [5, 5.41) is 3.32. The summed E-state index contributed by atoms with van der Waals surface area (Å²) in [4.78, 5) is 14.0. The van der Waals surface area contributed by atoms with E-state index in [-0.39, 0.29) is 5.56 Å². The van der Waals surface area contributed by atoms with E-state index >= 15 is 0 Å². The van der Waals surface area contributed by atoms with Crippen LogP contribution in [0.15, 0.2) is 23.1 Å². The van der Waals surface area contributed by atoms with E-state index in [1.807, 2.05) is 19.2 Å². The average molecular weight is 221 g/mol. The minimum atomic E-state index is 0.107. The van der Waals surface area contributed by atoms with Crippen LogP contribution in [-0.2, 0) is 6.54 Å². The number of aromatic nitrogens is 1. The predicted octanol–water partition coefficient (Wildman–Crippen LogP) is 0.0619. The molecule has 2 rings (SSSR count). The van der Waals surface area contributed by atoms with Crippen LogP contribution in [0.1, 0.15) is 5.56 Å². The highest BCUT2D eigenvalue weighted by atomic mass is 16.1. The third-order valence-corrected chi connectivity index (χ3v) is 3.02. The van der Waals surface area contributed by atoms with E-state index in [1.165, 1.54) is 0 Å². The van der Waals surface area contributed by atoms with E-state index in [2.05, 4.69) is 10.2 Å². The molecule has 0 atom stereocenters. The molecule has 1 aromatic rings. The number of pyridine rings is 1. The Labute approximate surface area is 95.9 Å². The summed E-state index contributed by atoms with van der Waals surface area (Å²) in [7, 11) is 0. The molecule has 1 aliphatic heterocycles. The van der Waals surface area contributed by atoms with Crippen LogP contribution in [0.2, 0.25) is 0 Å². The molecular weight excluding hydrogens is 202 g/mol. The zero-order valence-electron chi connectivity index (χ0n) is 9.78. The number of hydrogen-bond acceptors (Lipinski definition) is 3. The van der Waals surface area contributed by atoms with E-state index in [0.717, 1.165) is 44.8 Å². The Morgan fingerprint density at radius 3 is 2.75 bits per heavy atom. The molecule has 0 unspecified atom stereocenters. The van der Waals surface area contributed by atoms with Gasteiger partial charge in [-0.1, -0.05) is 0 Å². The zero-order valence-corrected chi connectivity index (χ0v) is 9.78. The van der Waals surface area contributed by atoms with E-state index in [1.54, 1.807) is 10.6 Å². The summed E-state index contributed by atoms with van der Waals surface area (Å²) in [6.07, 6.45) is 1.89. The number of hydrogen-bond donors (Lipinski definition) is 1. The van der Waals surface area contributed by atoms with Gasteiger partial charge in [-0.25, -0.2) is 0 Å². The molecule has 4 heteroatoms. The third kappa shape index (κ3) is 2.93. The van der Waals surface area contributed by atoms with E-state index < -0.39 is 0 Å². The maximum Gasteiger partial charge on any atom is 0.250 e. The quantitative estimate of drug-likeness (QED) is 0.784. The van der Waals surface area contributed by atoms with Crippen molar-refractivity contribution < 1.29 is 0 Å². The first-order chi connectivity index (χ1) is 7.75. The third-order valence-electron chi connectivity index (χ3n) is 3.02. The number of nitrogens with one attached hydrogen (secondary N) is 1. The van der Waals surface area contributed by atoms with Crippen molar-refractivity contribution in [1.82, 2.24) is 14.8 Å². The van der Waals surface area contributed by atoms with Crippen LogP contribution in [0.4, 0.5) is 0 Å². The lowest BCUT2D eigenvalue weighted by Crippen LogP contribution is -2.45. The van der Waals surface area contributed by atoms with Crippen LogP contribution < -0.4 is 10.9 Å². The molecule has 2 heterocycles. The summed E-state index contributed by atoms with van der Waals surface area (Å²) >= 11 is 0. The Morgan fingerprint density at radius 2 is 2.06 bits per heavy atom. The van der Waals surface area contributed by atoms with Gasteiger partial charge in [-0.2, -0.15) is 0 Å². The van der Waals surface area contributed by atoms with E-state index in [9.17, 15) is 4.79 Å². The molecular formula is C12H19N3O. The lowest BCUT2D eigenvalue weighted by atomic mass is 10.3. The molecule has 16 heavy (non-hydrogen) atoms. The van der Waals surface area contributed by atoms with Gasteiger partial charge >= 0.3 is 0 Å². The number of aryl methyl sites for hydroxylation is 1. The second-order valence-corrected chi connectivity index (χ2v) is 4.33. The topological polar surface area (TPSA) is 37.3 Å². The van der Waals surface area contributed by atoms with Gasteiger partial charge < -0.3 is 9.88 Å². The lowest BCUT2D eigenvalue weighted by Gasteiger charge is -2.27. The fourth-order valence-corrected chi connectivity index (χ4v) is 1.98. The molecule has 88 valence electrons. The van der Waals surface area contributed by atoms with Crippen LogP contribution in [0.25, 0.3) is 0 Å². The minimum Gasteiger partial charge on any atom is -0.314 e. The summed E-state index contributed by atoms with van der Waals surface area (Å²) in [6.45, 7) is 7.98. The molecule has 4 nitrogen and oxygen atoms in total. The smallest absolute Gasteiger partial charge is 0.250 e. The van der Waals surface area contributed by atoms with E-state index in [4.69, 9.17) is 0 Å². The first kappa shape index (κ1) is 11.4. The van der Waals surface area contributed by atoms with Crippen molar-refractivity contribution in [3.63, 3.8) is 0 Å². The Hall–Kier alpha value is -1.13. The van der Waals surface area contributed by atoms with Gasteiger partial charge in [0.05, 0.1) is 0 Å². The van der Waals surface area contributed by atoms with Crippen LogP contribution in [0, 0.1) is 6.92 Å². The predicted molar refractivity (Wildman–Crippen MR) is 64.7 cm³/mol. The van der Waals surface area contributed by atoms with Crippen LogP contribution >= 0.6 is 0 Å². The fraction of sp³-hybridized carbons (Fsp3) is 0.583. The number of rotatable bonds is 3. The second kappa shape index (κ2) is 5.27. The van der Waals surface area contributed by atoms with Crippen LogP contribution in [0.5, 0.6) is 0 Å². The van der Waals surface area contributed by atoms with Gasteiger partial charge in [0, 0.05) is 51.5 Å². The largest absolute Gasteiger partial charge is 0.314 e. The van der Waals surface area contributed by atoms with E-state index in [0.29, 0.717) is 0 Å². The Kier molecular flexibility index (Phi) is 3.74. The van der Waals surface area contributed by atoms with Gasteiger partial charge in [-0.15, -0.1) is 0 Å². The first-order valence-corrected chi connectivity index (χ1v) is 5.86. The summed E-state index contributed by atoms with van der Waals surface area (Å²) < 4.78 is 1.79. The Balaban J connectivity index is 1.91. The van der Waals surface area contributed by atoms with Crippen molar-refractivity contribution in [1.29, 1.82) is 0 Å². The molecule has 1 N–H and O–H groups in total. The lowest BCUT2D eigenvalue weighted by molar-refractivity contribution is 0.231. The zero-order chi connectivity index (χ0) is 11.4. The number of nitrogens with zero attached hydrogens (tertiary/aromatic N) is 2. The monoisotopic (exact) mass is 221 g/mol. The highest BCUT2D eigenvalue weighted by molar-refractivity contribution is 5.07. The summed E-state index contributed by atoms with van der Waals surface area (Å²) in [5.74, 6) is 0. The van der Waals surface area contributed by atoms with Crippen molar-refractivity contribution >= 4 is 0 Å². The second-order valence-electron chi connectivity index (χ2n) is 4.33. The Bertz CT molecular complexity index is 393. The highest BCUT2D eigenvalue weighted by Gasteiger charge is 2.08. The van der Waals surface area contributed by atoms with Crippen LogP contribution in [-0.4, -0.2) is 42.2 Å². The summed E-state index contributed by atoms with van der Waals surface area (Å²) in [5.41, 5.74) is 1.14. The number of piperazine rings is 1. The van der Waals surface area contributed by atoms with Crippen molar-refractivity contribution in [2.45, 2.75) is 13.5 Å². The maximum atomic E-state index is 11.6. The standard InChI is InChI=1S/C12H19N3O/c1-11-2-5-15(12(16)10-11)9-8-14-6-3-13-4-7-14/h2,5,10,13H,3-4,6-9H2,1H3. The van der Waals surface area contributed by atoms with Crippen LogP contribution in [0.3, 0.4) is 0 Å². The first-order valence-electron chi connectivity index (χ1n) is 5.86. The highest BCUT2D eigenvalue weighted by Crippen LogP contribution is 1.95. The molecule has 1 fully saturated rings. The van der Waals surface area contributed by atoms with Gasteiger partial charge in [0.1, 0.15) is 0 Å². The fourth-order valence-electron chi connectivity index (χ4n) is 1.98. The Morgan fingerprint density at radius 1 is 1.31 bits per heavy atom. The minimum absolute atomic E-state index is 0.107. The molecule has 0 saturated carbocycles. The van der Waals surface area contributed by atoms with Gasteiger partial charge in [0.15, 0.2) is 0 Å². The SMILES string of the molecule is Cc1ccn(CCN2CCNCC2)c(=O)c1. The van der Waals surface area contributed by atoms with Crippen molar-refractivity contribution in [3.05, 3.63) is 34.2 Å². The van der Waals surface area contributed by atoms with Gasteiger partial charge in [-0.3, -0.25) is 9.69 Å². The molecule has 0 aromatic carbocycles. The summed E-state index contributed by atoms with van der Waals surface area (Å²) in [6, 6.07) is 3.68. The van der Waals surface area contributed by atoms with Gasteiger partial charge in [0.25, 0.3) is 5.56 Å². The molecule has 0 aliphatic carbocycles. The van der Waals surface area contributed by atoms with Crippen molar-refractivity contribution in [2.24, 2.45) is 0 Å². The average Bonchev–Trinajstić information content (AvgIpc) is 2.29. The van der Waals surface area contributed by atoms with Gasteiger partial charge in [0.2, 0.25) is 0 Å². The van der Waals surface area contributed by atoms with Gasteiger partial charge in [-0.05, 0) is 18.6 Å². The molecule has 1 aromatic heterocycles.